The first-order chi connectivity index (χ1) is 14.4. The van der Waals surface area contributed by atoms with Gasteiger partial charge in [0, 0.05) is 30.9 Å². The van der Waals surface area contributed by atoms with Crippen LogP contribution in [0.3, 0.4) is 0 Å². The summed E-state index contributed by atoms with van der Waals surface area (Å²) < 4.78 is 40.5. The van der Waals surface area contributed by atoms with Crippen LogP contribution >= 0.6 is 0 Å². The molecule has 1 amide bonds. The second-order valence-electron chi connectivity index (χ2n) is 7.14. The molecule has 4 rings (SSSR count). The van der Waals surface area contributed by atoms with Crippen molar-refractivity contribution in [2.45, 2.75) is 18.2 Å². The van der Waals surface area contributed by atoms with Gasteiger partial charge in [-0.05, 0) is 37.1 Å². The van der Waals surface area contributed by atoms with Crippen molar-refractivity contribution in [1.29, 1.82) is 0 Å². The lowest BCUT2D eigenvalue weighted by Gasteiger charge is -2.33. The highest BCUT2D eigenvalue weighted by atomic mass is 32.2. The topological polar surface area (TPSA) is 71.8 Å². The molecule has 0 aliphatic carbocycles. The number of nitrogens with zero attached hydrogens (tertiary/aromatic N) is 1. The summed E-state index contributed by atoms with van der Waals surface area (Å²) in [5.74, 6) is -0.923. The van der Waals surface area contributed by atoms with Crippen LogP contribution in [-0.4, -0.2) is 30.3 Å². The Kier molecular flexibility index (Phi) is 5.34. The summed E-state index contributed by atoms with van der Waals surface area (Å²) in [4.78, 5) is 15.0. The van der Waals surface area contributed by atoms with Crippen LogP contribution in [0.4, 0.5) is 10.1 Å². The summed E-state index contributed by atoms with van der Waals surface area (Å²) >= 11 is 0. The Labute approximate surface area is 175 Å². The van der Waals surface area contributed by atoms with Gasteiger partial charge < -0.3 is 14.1 Å². The van der Waals surface area contributed by atoms with E-state index in [9.17, 15) is 13.4 Å². The molecule has 2 heterocycles. The lowest BCUT2D eigenvalue weighted by Crippen LogP contribution is -2.36. The van der Waals surface area contributed by atoms with Gasteiger partial charge in [0.05, 0.1) is 12.5 Å². The molecule has 1 unspecified atom stereocenters. The molecule has 0 bridgehead atoms. The number of carbonyl (C=O) groups excluding carboxylic acids is 1. The maximum atomic E-state index is 14.5. The van der Waals surface area contributed by atoms with Crippen molar-refractivity contribution < 1.29 is 22.5 Å². The standard InChI is InChI=1S/C22H21FN2O4S/c1-13(2)14-5-6-18(28-3)21(9-14)30(27)24-22(26)20-12-16-17(23)10-15(11-19(16)29-20)25-7-4-8-25/h5-6,9-12H,1,4,7-8H2,2-3H3,(H,24,26). The third kappa shape index (κ3) is 3.70. The molecule has 156 valence electrons. The van der Waals surface area contributed by atoms with Crippen molar-refractivity contribution in [3.63, 3.8) is 0 Å². The quantitative estimate of drug-likeness (QED) is 0.635. The van der Waals surface area contributed by atoms with Crippen LogP contribution in [0.5, 0.6) is 5.75 Å². The molecular formula is C22H21FN2O4S. The fourth-order valence-electron chi connectivity index (χ4n) is 3.23. The van der Waals surface area contributed by atoms with Crippen molar-refractivity contribution in [1.82, 2.24) is 4.72 Å². The number of furan rings is 1. The van der Waals surface area contributed by atoms with Gasteiger partial charge in [0.15, 0.2) is 16.7 Å². The Balaban J connectivity index is 1.60. The highest BCUT2D eigenvalue weighted by molar-refractivity contribution is 7.83. The summed E-state index contributed by atoms with van der Waals surface area (Å²) in [5.41, 5.74) is 2.55. The number of anilines is 1. The number of nitrogens with one attached hydrogen (secondary N) is 1. The molecule has 1 N–H and O–H groups in total. The Morgan fingerprint density at radius 1 is 1.27 bits per heavy atom. The van der Waals surface area contributed by atoms with E-state index in [-0.39, 0.29) is 16.7 Å². The maximum Gasteiger partial charge on any atom is 0.298 e. The van der Waals surface area contributed by atoms with E-state index >= 15 is 0 Å². The average Bonchev–Trinajstić information content (AvgIpc) is 3.11. The Morgan fingerprint density at radius 3 is 2.67 bits per heavy atom. The first-order valence-corrected chi connectivity index (χ1v) is 10.6. The fourth-order valence-corrected chi connectivity index (χ4v) is 4.18. The largest absolute Gasteiger partial charge is 0.495 e. The highest BCUT2D eigenvalue weighted by Crippen LogP contribution is 2.31. The van der Waals surface area contributed by atoms with E-state index in [0.717, 1.165) is 36.3 Å². The number of ether oxygens (including phenoxy) is 1. The number of halogens is 1. The number of benzene rings is 2. The molecule has 0 radical (unpaired) electrons. The Hall–Kier alpha value is -3.13. The average molecular weight is 428 g/mol. The number of hydrogen-bond acceptors (Lipinski definition) is 5. The van der Waals surface area contributed by atoms with E-state index in [4.69, 9.17) is 9.15 Å². The molecule has 6 nitrogen and oxygen atoms in total. The van der Waals surface area contributed by atoms with Gasteiger partial charge in [-0.1, -0.05) is 18.2 Å². The van der Waals surface area contributed by atoms with Crippen LogP contribution in [0.25, 0.3) is 16.5 Å². The lowest BCUT2D eigenvalue weighted by atomic mass is 10.1. The molecular weight excluding hydrogens is 407 g/mol. The third-order valence-electron chi connectivity index (χ3n) is 5.06. The number of rotatable bonds is 6. The van der Waals surface area contributed by atoms with Crippen LogP contribution in [0.15, 0.2) is 52.3 Å². The molecule has 1 saturated heterocycles. The van der Waals surface area contributed by atoms with Gasteiger partial charge in [-0.25, -0.2) is 8.60 Å². The van der Waals surface area contributed by atoms with Crippen LogP contribution in [-0.2, 0) is 11.0 Å². The Morgan fingerprint density at radius 2 is 2.03 bits per heavy atom. The second-order valence-corrected chi connectivity index (χ2v) is 8.32. The molecule has 1 aliphatic rings. The summed E-state index contributed by atoms with van der Waals surface area (Å²) in [6.07, 6.45) is 1.06. The summed E-state index contributed by atoms with van der Waals surface area (Å²) in [5, 5.41) is 0.206. The molecule has 3 aromatic rings. The minimum absolute atomic E-state index is 0.118. The van der Waals surface area contributed by atoms with E-state index in [0.29, 0.717) is 10.6 Å². The summed E-state index contributed by atoms with van der Waals surface area (Å²) in [7, 11) is -0.456. The molecule has 1 aliphatic heterocycles. The monoisotopic (exact) mass is 428 g/mol. The second kappa shape index (κ2) is 7.95. The Bertz CT molecular complexity index is 1180. The molecule has 8 heteroatoms. The van der Waals surface area contributed by atoms with Gasteiger partial charge in [-0.15, -0.1) is 0 Å². The van der Waals surface area contributed by atoms with Gasteiger partial charge in [0.25, 0.3) is 5.91 Å². The van der Waals surface area contributed by atoms with Crippen LogP contribution in [0.2, 0.25) is 0 Å². The number of carbonyl (C=O) groups is 1. The van der Waals surface area contributed by atoms with Crippen LogP contribution in [0, 0.1) is 5.82 Å². The van der Waals surface area contributed by atoms with Crippen LogP contribution in [0.1, 0.15) is 29.5 Å². The molecule has 2 aromatic carbocycles. The zero-order valence-corrected chi connectivity index (χ0v) is 17.5. The smallest absolute Gasteiger partial charge is 0.298 e. The molecule has 1 atom stereocenters. The van der Waals surface area contributed by atoms with Crippen molar-refractivity contribution in [2.24, 2.45) is 0 Å². The van der Waals surface area contributed by atoms with Crippen LogP contribution < -0.4 is 14.4 Å². The number of allylic oxidation sites excluding steroid dienone is 1. The van der Waals surface area contributed by atoms with E-state index in [1.807, 2.05) is 11.8 Å². The van der Waals surface area contributed by atoms with E-state index < -0.39 is 22.7 Å². The third-order valence-corrected chi connectivity index (χ3v) is 6.15. The van der Waals surface area contributed by atoms with Gasteiger partial charge in [0.2, 0.25) is 0 Å². The molecule has 0 spiro atoms. The first-order valence-electron chi connectivity index (χ1n) is 9.42. The normalized spacial score (nSPS) is 14.3. The van der Waals surface area contributed by atoms with Crippen molar-refractivity contribution in [2.75, 3.05) is 25.1 Å². The molecule has 1 aromatic heterocycles. The van der Waals surface area contributed by atoms with Gasteiger partial charge >= 0.3 is 0 Å². The minimum Gasteiger partial charge on any atom is -0.495 e. The first kappa shape index (κ1) is 20.2. The number of hydrogen-bond donors (Lipinski definition) is 1. The number of methoxy groups -OCH3 is 1. The lowest BCUT2D eigenvalue weighted by molar-refractivity contribution is 0.0958. The zero-order valence-electron chi connectivity index (χ0n) is 16.7. The van der Waals surface area contributed by atoms with E-state index in [1.165, 1.54) is 19.2 Å². The fraction of sp³-hybridized carbons (Fsp3) is 0.227. The molecule has 1 fully saturated rings. The number of fused-ring (bicyclic) bond motifs is 1. The maximum absolute atomic E-state index is 14.5. The van der Waals surface area contributed by atoms with Crippen molar-refractivity contribution >= 4 is 39.1 Å². The molecule has 0 saturated carbocycles. The highest BCUT2D eigenvalue weighted by Gasteiger charge is 2.22. The van der Waals surface area contributed by atoms with Gasteiger partial charge in [-0.2, -0.15) is 0 Å². The summed E-state index contributed by atoms with van der Waals surface area (Å²) in [6.45, 7) is 7.42. The van der Waals surface area contributed by atoms with Crippen molar-refractivity contribution in [3.8, 4) is 5.75 Å². The summed E-state index contributed by atoms with van der Waals surface area (Å²) in [6, 6.07) is 9.57. The van der Waals surface area contributed by atoms with Crippen molar-refractivity contribution in [3.05, 3.63) is 60.1 Å². The predicted molar refractivity (Wildman–Crippen MR) is 115 cm³/mol. The van der Waals surface area contributed by atoms with Gasteiger partial charge in [0.1, 0.15) is 22.0 Å². The zero-order chi connectivity index (χ0) is 21.4. The van der Waals surface area contributed by atoms with E-state index in [1.54, 1.807) is 24.3 Å². The van der Waals surface area contributed by atoms with Gasteiger partial charge in [-0.3, -0.25) is 9.52 Å². The SMILES string of the molecule is C=C(C)c1ccc(OC)c(S(=O)NC(=O)c2cc3c(F)cc(N4CCC4)cc3o2)c1. The number of amides is 1. The minimum atomic E-state index is -1.91. The molecule has 30 heavy (non-hydrogen) atoms. The predicted octanol–water partition coefficient (Wildman–Crippen LogP) is 4.28. The van der Waals surface area contributed by atoms with E-state index in [2.05, 4.69) is 11.3 Å².